The third-order valence-corrected chi connectivity index (χ3v) is 7.87. The number of methoxy groups -OCH3 is 1. The van der Waals surface area contributed by atoms with Gasteiger partial charge in [-0.3, -0.25) is 0 Å². The van der Waals surface area contributed by atoms with Crippen LogP contribution in [0.1, 0.15) is 44.8 Å². The summed E-state index contributed by atoms with van der Waals surface area (Å²) >= 11 is 3.16. The van der Waals surface area contributed by atoms with Crippen LogP contribution in [0.25, 0.3) is 16.2 Å². The number of nitrogens with zero attached hydrogens (tertiary/aromatic N) is 3. The summed E-state index contributed by atoms with van der Waals surface area (Å²) in [5.74, 6) is 1.12. The molecule has 6 nitrogen and oxygen atoms in total. The molecule has 1 saturated carbocycles. The first-order chi connectivity index (χ1) is 13.5. The number of fused-ring (bicyclic) bond motifs is 1. The highest BCUT2D eigenvalue weighted by Gasteiger charge is 2.47. The Kier molecular flexibility index (Phi) is 4.97. The number of hydrogen-bond donors (Lipinski definition) is 2. The molecule has 0 amide bonds. The van der Waals surface area contributed by atoms with Crippen LogP contribution in [0.3, 0.4) is 0 Å². The molecule has 2 aromatic heterocycles. The SMILES string of the molecule is COc1ccc(-c2c(C)nc3sc(C(C)(C)O)nn23)cc1S[C@H]1C[C@@H]1C(C)(C)O. The third-order valence-electron chi connectivity index (χ3n) is 5.26. The normalized spacial score (nSPS) is 19.7. The molecule has 29 heavy (non-hydrogen) atoms. The first-order valence-corrected chi connectivity index (χ1v) is 11.3. The van der Waals surface area contributed by atoms with Crippen LogP contribution in [0.2, 0.25) is 0 Å². The lowest BCUT2D eigenvalue weighted by Crippen LogP contribution is -2.22. The Morgan fingerprint density at radius 1 is 1.24 bits per heavy atom. The predicted octanol–water partition coefficient (Wildman–Crippen LogP) is 4.25. The van der Waals surface area contributed by atoms with E-state index in [0.29, 0.717) is 10.3 Å². The topological polar surface area (TPSA) is 79.9 Å². The lowest BCUT2D eigenvalue weighted by atomic mass is 10.0. The fourth-order valence-corrected chi connectivity index (χ4v) is 6.09. The van der Waals surface area contributed by atoms with Crippen LogP contribution in [0.15, 0.2) is 23.1 Å². The van der Waals surface area contributed by atoms with E-state index in [1.807, 2.05) is 37.4 Å². The molecule has 156 valence electrons. The number of aromatic nitrogens is 3. The second-order valence-electron chi connectivity index (χ2n) is 8.72. The Hall–Kier alpha value is -1.61. The zero-order valence-corrected chi connectivity index (χ0v) is 19.2. The number of hydrogen-bond acceptors (Lipinski definition) is 7. The van der Waals surface area contributed by atoms with E-state index in [1.165, 1.54) is 11.3 Å². The number of aryl methyl sites for hydroxylation is 1. The second-order valence-corrected chi connectivity index (χ2v) is 11.0. The predicted molar refractivity (Wildman–Crippen MR) is 117 cm³/mol. The molecular weight excluding hydrogens is 406 g/mol. The van der Waals surface area contributed by atoms with Crippen LogP contribution in [0.4, 0.5) is 0 Å². The average Bonchev–Trinajstić information content (AvgIpc) is 3.16. The van der Waals surface area contributed by atoms with Gasteiger partial charge in [-0.1, -0.05) is 11.3 Å². The van der Waals surface area contributed by atoms with Gasteiger partial charge in [-0.15, -0.1) is 11.8 Å². The summed E-state index contributed by atoms with van der Waals surface area (Å²) in [6.45, 7) is 9.19. The number of thioether (sulfide) groups is 1. The van der Waals surface area contributed by atoms with Gasteiger partial charge < -0.3 is 14.9 Å². The van der Waals surface area contributed by atoms with Gasteiger partial charge in [0.2, 0.25) is 4.96 Å². The van der Waals surface area contributed by atoms with Crippen molar-refractivity contribution in [2.45, 2.75) is 62.4 Å². The Morgan fingerprint density at radius 3 is 2.55 bits per heavy atom. The van der Waals surface area contributed by atoms with Crippen LogP contribution in [-0.4, -0.2) is 42.8 Å². The maximum atomic E-state index is 10.3. The maximum absolute atomic E-state index is 10.3. The van der Waals surface area contributed by atoms with Crippen LogP contribution >= 0.6 is 23.1 Å². The number of rotatable bonds is 6. The average molecular weight is 434 g/mol. The van der Waals surface area contributed by atoms with Gasteiger partial charge in [-0.05, 0) is 59.2 Å². The minimum absolute atomic E-state index is 0.289. The molecular formula is C21H27N3O3S2. The van der Waals surface area contributed by atoms with Crippen molar-refractivity contribution >= 4 is 28.1 Å². The molecule has 1 aliphatic carbocycles. The molecule has 0 bridgehead atoms. The summed E-state index contributed by atoms with van der Waals surface area (Å²) in [5.41, 5.74) is 1.16. The minimum atomic E-state index is -1.00. The minimum Gasteiger partial charge on any atom is -0.496 e. The molecule has 0 radical (unpaired) electrons. The Balaban J connectivity index is 1.72. The summed E-state index contributed by atoms with van der Waals surface area (Å²) in [6.07, 6.45) is 0.999. The van der Waals surface area contributed by atoms with Gasteiger partial charge in [0, 0.05) is 16.7 Å². The Labute approximate surface area is 178 Å². The van der Waals surface area contributed by atoms with Crippen molar-refractivity contribution in [2.75, 3.05) is 7.11 Å². The van der Waals surface area contributed by atoms with Crippen LogP contribution in [-0.2, 0) is 5.60 Å². The number of imidazole rings is 1. The van der Waals surface area contributed by atoms with Gasteiger partial charge in [0.1, 0.15) is 16.4 Å². The van der Waals surface area contributed by atoms with Gasteiger partial charge in [0.15, 0.2) is 0 Å². The number of aliphatic hydroxyl groups is 2. The molecule has 0 aliphatic heterocycles. The Morgan fingerprint density at radius 2 is 1.97 bits per heavy atom. The van der Waals surface area contributed by atoms with E-state index in [9.17, 15) is 10.2 Å². The Bertz CT molecular complexity index is 1060. The summed E-state index contributed by atoms with van der Waals surface area (Å²) in [4.78, 5) is 6.47. The van der Waals surface area contributed by atoms with E-state index < -0.39 is 11.2 Å². The van der Waals surface area contributed by atoms with E-state index in [4.69, 9.17) is 4.74 Å². The van der Waals surface area contributed by atoms with Crippen molar-refractivity contribution < 1.29 is 14.9 Å². The smallest absolute Gasteiger partial charge is 0.213 e. The molecule has 1 fully saturated rings. The molecule has 8 heteroatoms. The fraction of sp³-hybridized carbons (Fsp3) is 0.524. The van der Waals surface area contributed by atoms with Crippen molar-refractivity contribution in [1.82, 2.24) is 14.6 Å². The van der Waals surface area contributed by atoms with Crippen LogP contribution < -0.4 is 4.74 Å². The van der Waals surface area contributed by atoms with Crippen molar-refractivity contribution in [1.29, 1.82) is 0 Å². The van der Waals surface area contributed by atoms with Gasteiger partial charge in [0.25, 0.3) is 0 Å². The molecule has 2 N–H and O–H groups in total. The van der Waals surface area contributed by atoms with Crippen molar-refractivity contribution in [2.24, 2.45) is 5.92 Å². The molecule has 4 rings (SSSR count). The van der Waals surface area contributed by atoms with Crippen molar-refractivity contribution in [3.05, 3.63) is 28.9 Å². The van der Waals surface area contributed by atoms with Gasteiger partial charge in [0.05, 0.1) is 29.0 Å². The maximum Gasteiger partial charge on any atom is 0.213 e. The van der Waals surface area contributed by atoms with E-state index in [0.717, 1.165) is 39.0 Å². The van der Waals surface area contributed by atoms with Crippen LogP contribution in [0.5, 0.6) is 5.75 Å². The molecule has 3 aromatic rings. The second kappa shape index (κ2) is 6.97. The van der Waals surface area contributed by atoms with E-state index >= 15 is 0 Å². The number of ether oxygens (including phenoxy) is 1. The lowest BCUT2D eigenvalue weighted by Gasteiger charge is -2.17. The highest BCUT2D eigenvalue weighted by molar-refractivity contribution is 8.00. The standard InChI is InChI=1S/C21H27N3O3S2/c1-11-17(24-19(22-11)29-18(23-24)21(4,5)26)12-7-8-14(27-6)16(9-12)28-15-10-13(15)20(2,3)25/h7-9,13,15,25-26H,10H2,1-6H3/t13-,15-/m0/s1. The third kappa shape index (κ3) is 3.91. The largest absolute Gasteiger partial charge is 0.496 e. The molecule has 0 spiro atoms. The van der Waals surface area contributed by atoms with E-state index in [2.05, 4.69) is 16.1 Å². The molecule has 2 atom stereocenters. The summed E-state index contributed by atoms with van der Waals surface area (Å²) in [6, 6.07) is 6.10. The van der Waals surface area contributed by atoms with E-state index in [-0.39, 0.29) is 5.92 Å². The quantitative estimate of drug-likeness (QED) is 0.605. The van der Waals surface area contributed by atoms with Gasteiger partial charge in [-0.25, -0.2) is 9.50 Å². The molecule has 1 aliphatic rings. The zero-order chi connectivity index (χ0) is 21.1. The van der Waals surface area contributed by atoms with Crippen molar-refractivity contribution in [3.63, 3.8) is 0 Å². The molecule has 1 aromatic carbocycles. The van der Waals surface area contributed by atoms with Gasteiger partial charge >= 0.3 is 0 Å². The highest BCUT2D eigenvalue weighted by atomic mass is 32.2. The summed E-state index contributed by atoms with van der Waals surface area (Å²) in [7, 11) is 1.68. The fourth-order valence-electron chi connectivity index (χ4n) is 3.55. The monoisotopic (exact) mass is 433 g/mol. The highest BCUT2D eigenvalue weighted by Crippen LogP contribution is 2.52. The van der Waals surface area contributed by atoms with Crippen LogP contribution in [0, 0.1) is 12.8 Å². The molecule has 0 saturated heterocycles. The van der Waals surface area contributed by atoms with Crippen molar-refractivity contribution in [3.8, 4) is 17.0 Å². The zero-order valence-electron chi connectivity index (χ0n) is 17.6. The molecule has 2 heterocycles. The van der Waals surface area contributed by atoms with E-state index in [1.54, 1.807) is 32.7 Å². The number of benzene rings is 1. The lowest BCUT2D eigenvalue weighted by molar-refractivity contribution is 0.0575. The summed E-state index contributed by atoms with van der Waals surface area (Å²) < 4.78 is 7.40. The summed E-state index contributed by atoms with van der Waals surface area (Å²) in [5, 5.41) is 26.2. The first kappa shape index (κ1) is 20.7. The van der Waals surface area contributed by atoms with Gasteiger partial charge in [-0.2, -0.15) is 5.10 Å². The molecule has 0 unspecified atom stereocenters. The first-order valence-electron chi connectivity index (χ1n) is 9.65.